The van der Waals surface area contributed by atoms with Gasteiger partial charge in [-0.1, -0.05) is 12.1 Å². The van der Waals surface area contributed by atoms with Gasteiger partial charge in [0.2, 0.25) is 0 Å². The lowest BCUT2D eigenvalue weighted by Crippen LogP contribution is -2.07. The molecule has 0 saturated carbocycles. The van der Waals surface area contributed by atoms with Crippen LogP contribution >= 0.6 is 0 Å². The fraction of sp³-hybridized carbons (Fsp3) is 0.200. The van der Waals surface area contributed by atoms with E-state index in [1.807, 2.05) is 0 Å². The Hall–Kier alpha value is -1.84. The van der Waals surface area contributed by atoms with Crippen molar-refractivity contribution in [3.05, 3.63) is 29.8 Å². The Morgan fingerprint density at radius 1 is 1.43 bits per heavy atom. The largest absolute Gasteiger partial charge is 0.462 e. The number of esters is 1. The van der Waals surface area contributed by atoms with Crippen LogP contribution in [0.1, 0.15) is 17.3 Å². The molecule has 74 valence electrons. The van der Waals surface area contributed by atoms with Crippen molar-refractivity contribution in [3.8, 4) is 5.75 Å². The van der Waals surface area contributed by atoms with Crippen molar-refractivity contribution in [2.75, 3.05) is 6.61 Å². The van der Waals surface area contributed by atoms with E-state index in [0.717, 1.165) is 0 Å². The molecule has 0 saturated heterocycles. The Bertz CT molecular complexity index is 333. The topological polar surface area (TPSA) is 52.6 Å². The molecule has 0 fully saturated rings. The predicted octanol–water partition coefficient (Wildman–Crippen LogP) is 1.40. The van der Waals surface area contributed by atoms with Crippen molar-refractivity contribution in [2.45, 2.75) is 6.92 Å². The minimum atomic E-state index is -0.495. The second kappa shape index (κ2) is 5.01. The molecule has 1 aromatic carbocycles. The number of rotatable bonds is 4. The maximum atomic E-state index is 11.3. The molecule has 1 aromatic rings. The summed E-state index contributed by atoms with van der Waals surface area (Å²) in [6.45, 7) is 2.27. The third-order valence-electron chi connectivity index (χ3n) is 1.56. The average Bonchev–Trinajstić information content (AvgIpc) is 2.19. The average molecular weight is 194 g/mol. The summed E-state index contributed by atoms with van der Waals surface area (Å²) in [7, 11) is 0. The van der Waals surface area contributed by atoms with Crippen molar-refractivity contribution in [1.82, 2.24) is 0 Å². The summed E-state index contributed by atoms with van der Waals surface area (Å²) in [4.78, 5) is 21.5. The second-order valence-electron chi connectivity index (χ2n) is 2.43. The van der Waals surface area contributed by atoms with Crippen LogP contribution in [-0.4, -0.2) is 19.0 Å². The SMILES string of the molecule is CCOC(=O)c1ccccc1OC=O. The first-order valence-corrected chi connectivity index (χ1v) is 4.16. The minimum absolute atomic E-state index is 0.209. The summed E-state index contributed by atoms with van der Waals surface area (Å²) in [5.41, 5.74) is 0.251. The first kappa shape index (κ1) is 10.2. The summed E-state index contributed by atoms with van der Waals surface area (Å²) in [5, 5.41) is 0. The van der Waals surface area contributed by atoms with Crippen molar-refractivity contribution < 1.29 is 19.1 Å². The van der Waals surface area contributed by atoms with E-state index in [4.69, 9.17) is 4.74 Å². The fourth-order valence-corrected chi connectivity index (χ4v) is 0.999. The molecule has 0 N–H and O–H groups in total. The maximum absolute atomic E-state index is 11.3. The first-order valence-electron chi connectivity index (χ1n) is 4.16. The highest BCUT2D eigenvalue weighted by atomic mass is 16.5. The van der Waals surface area contributed by atoms with E-state index in [-0.39, 0.29) is 24.4 Å². The number of hydrogen-bond donors (Lipinski definition) is 0. The standard InChI is InChI=1S/C10H10O4/c1-2-13-10(12)8-5-3-4-6-9(8)14-7-11/h3-7H,2H2,1H3. The zero-order valence-corrected chi connectivity index (χ0v) is 7.73. The fourth-order valence-electron chi connectivity index (χ4n) is 0.999. The van der Waals surface area contributed by atoms with Crippen molar-refractivity contribution in [1.29, 1.82) is 0 Å². The van der Waals surface area contributed by atoms with Gasteiger partial charge in [0, 0.05) is 0 Å². The molecule has 0 aliphatic rings. The summed E-state index contributed by atoms with van der Waals surface area (Å²) >= 11 is 0. The third kappa shape index (κ3) is 2.32. The van der Waals surface area contributed by atoms with Gasteiger partial charge in [0.15, 0.2) is 0 Å². The highest BCUT2D eigenvalue weighted by Gasteiger charge is 2.12. The van der Waals surface area contributed by atoms with Crippen LogP contribution in [0, 0.1) is 0 Å². The normalized spacial score (nSPS) is 9.21. The number of carbonyl (C=O) groups excluding carboxylic acids is 2. The van der Waals surface area contributed by atoms with Crippen molar-refractivity contribution in [2.24, 2.45) is 0 Å². The lowest BCUT2D eigenvalue weighted by molar-refractivity contribution is -0.120. The van der Waals surface area contributed by atoms with Crippen LogP contribution < -0.4 is 4.74 Å². The van der Waals surface area contributed by atoms with Gasteiger partial charge in [-0.3, -0.25) is 4.79 Å². The number of para-hydroxylation sites is 1. The summed E-state index contributed by atoms with van der Waals surface area (Å²) in [6, 6.07) is 6.41. The lowest BCUT2D eigenvalue weighted by atomic mass is 10.2. The van der Waals surface area contributed by atoms with E-state index in [1.165, 1.54) is 12.1 Å². The Kier molecular flexibility index (Phi) is 3.67. The second-order valence-corrected chi connectivity index (χ2v) is 2.43. The van der Waals surface area contributed by atoms with Gasteiger partial charge in [-0.15, -0.1) is 0 Å². The van der Waals surface area contributed by atoms with E-state index >= 15 is 0 Å². The predicted molar refractivity (Wildman–Crippen MR) is 49.1 cm³/mol. The maximum Gasteiger partial charge on any atom is 0.341 e. The summed E-state index contributed by atoms with van der Waals surface area (Å²) in [5.74, 6) is -0.286. The lowest BCUT2D eigenvalue weighted by Gasteiger charge is -2.05. The van der Waals surface area contributed by atoms with E-state index in [1.54, 1.807) is 19.1 Å². The van der Waals surface area contributed by atoms with Gasteiger partial charge in [-0.2, -0.15) is 0 Å². The van der Waals surface area contributed by atoms with Gasteiger partial charge in [0.25, 0.3) is 6.47 Å². The monoisotopic (exact) mass is 194 g/mol. The molecule has 4 nitrogen and oxygen atoms in total. The zero-order chi connectivity index (χ0) is 10.4. The van der Waals surface area contributed by atoms with Gasteiger partial charge in [0.05, 0.1) is 6.61 Å². The molecule has 14 heavy (non-hydrogen) atoms. The third-order valence-corrected chi connectivity index (χ3v) is 1.56. The molecule has 1 rings (SSSR count). The number of carbonyl (C=O) groups is 2. The molecule has 0 aliphatic heterocycles. The molecule has 0 aromatic heterocycles. The van der Waals surface area contributed by atoms with Crippen molar-refractivity contribution >= 4 is 12.4 Å². The molecular weight excluding hydrogens is 184 g/mol. The van der Waals surface area contributed by atoms with Crippen LogP contribution in [0.15, 0.2) is 24.3 Å². The van der Waals surface area contributed by atoms with Gasteiger partial charge in [-0.05, 0) is 19.1 Å². The molecular formula is C10H10O4. The number of ether oxygens (including phenoxy) is 2. The van der Waals surface area contributed by atoms with Crippen LogP contribution in [-0.2, 0) is 9.53 Å². The smallest absolute Gasteiger partial charge is 0.341 e. The van der Waals surface area contributed by atoms with Crippen LogP contribution in [0.5, 0.6) is 5.75 Å². The van der Waals surface area contributed by atoms with Crippen LogP contribution in [0.3, 0.4) is 0 Å². The van der Waals surface area contributed by atoms with Crippen LogP contribution in [0.25, 0.3) is 0 Å². The molecule has 4 heteroatoms. The Morgan fingerprint density at radius 3 is 2.79 bits per heavy atom. The summed E-state index contributed by atoms with van der Waals surface area (Å²) in [6.07, 6.45) is 0. The zero-order valence-electron chi connectivity index (χ0n) is 7.73. The summed E-state index contributed by atoms with van der Waals surface area (Å²) < 4.78 is 9.40. The molecule has 0 bridgehead atoms. The molecule has 0 atom stereocenters. The number of hydrogen-bond acceptors (Lipinski definition) is 4. The molecule has 0 spiro atoms. The molecule has 0 radical (unpaired) electrons. The van der Waals surface area contributed by atoms with E-state index in [2.05, 4.69) is 4.74 Å². The molecule has 0 unspecified atom stereocenters. The quantitative estimate of drug-likeness (QED) is 0.537. The highest BCUT2D eigenvalue weighted by Crippen LogP contribution is 2.17. The van der Waals surface area contributed by atoms with Gasteiger partial charge in [0.1, 0.15) is 11.3 Å². The van der Waals surface area contributed by atoms with E-state index in [0.29, 0.717) is 0 Å². The van der Waals surface area contributed by atoms with E-state index < -0.39 is 5.97 Å². The molecule has 0 amide bonds. The van der Waals surface area contributed by atoms with E-state index in [9.17, 15) is 9.59 Å². The van der Waals surface area contributed by atoms with Crippen LogP contribution in [0.2, 0.25) is 0 Å². The van der Waals surface area contributed by atoms with Crippen LogP contribution in [0.4, 0.5) is 0 Å². The van der Waals surface area contributed by atoms with Gasteiger partial charge < -0.3 is 9.47 Å². The van der Waals surface area contributed by atoms with Gasteiger partial charge >= 0.3 is 5.97 Å². The van der Waals surface area contributed by atoms with Crippen molar-refractivity contribution in [3.63, 3.8) is 0 Å². The molecule has 0 heterocycles. The number of benzene rings is 1. The van der Waals surface area contributed by atoms with Gasteiger partial charge in [-0.25, -0.2) is 4.79 Å². The highest BCUT2D eigenvalue weighted by molar-refractivity contribution is 5.92. The first-order chi connectivity index (χ1) is 6.79. The Balaban J connectivity index is 2.93. The Labute approximate surface area is 81.4 Å². The minimum Gasteiger partial charge on any atom is -0.462 e. The Morgan fingerprint density at radius 2 is 2.14 bits per heavy atom. The molecule has 0 aliphatic carbocycles.